The van der Waals surface area contributed by atoms with E-state index in [4.69, 9.17) is 5.11 Å². The van der Waals surface area contributed by atoms with Crippen LogP contribution in [0, 0.1) is 0 Å². The second-order valence-electron chi connectivity index (χ2n) is 4.04. The minimum Gasteiger partial charge on any atom is -0.478 e. The number of aliphatic carboxylic acids is 1. The summed E-state index contributed by atoms with van der Waals surface area (Å²) in [6, 6.07) is 6.55. The molecule has 0 aromatic heterocycles. The van der Waals surface area contributed by atoms with Crippen LogP contribution in [0.2, 0.25) is 0 Å². The number of carbonyl (C=O) groups is 3. The molecule has 0 aliphatic rings. The molecule has 1 rings (SSSR count). The van der Waals surface area contributed by atoms with Crippen LogP contribution < -0.4 is 10.6 Å². The molecule has 0 radical (unpaired) electrons. The third-order valence-electron chi connectivity index (χ3n) is 2.29. The lowest BCUT2D eigenvalue weighted by molar-refractivity contribution is -0.131. The van der Waals surface area contributed by atoms with Crippen molar-refractivity contribution >= 4 is 29.2 Å². The van der Waals surface area contributed by atoms with Gasteiger partial charge in [-0.1, -0.05) is 6.92 Å². The highest BCUT2D eigenvalue weighted by atomic mass is 16.4. The van der Waals surface area contributed by atoms with E-state index in [1.54, 1.807) is 24.3 Å². The van der Waals surface area contributed by atoms with Gasteiger partial charge < -0.3 is 15.7 Å². The monoisotopic (exact) mass is 276 g/mol. The van der Waals surface area contributed by atoms with Crippen LogP contribution in [0.4, 0.5) is 11.4 Å². The highest BCUT2D eigenvalue weighted by Crippen LogP contribution is 2.14. The molecule has 1 aromatic rings. The molecule has 0 aliphatic heterocycles. The van der Waals surface area contributed by atoms with E-state index in [2.05, 4.69) is 10.6 Å². The Morgan fingerprint density at radius 3 is 2.10 bits per heavy atom. The Bertz CT molecular complexity index is 520. The molecule has 0 spiro atoms. The van der Waals surface area contributed by atoms with E-state index in [1.165, 1.54) is 0 Å². The molecule has 0 fully saturated rings. The molecule has 106 valence electrons. The Morgan fingerprint density at radius 2 is 1.60 bits per heavy atom. The lowest BCUT2D eigenvalue weighted by atomic mass is 10.2. The number of amides is 2. The summed E-state index contributed by atoms with van der Waals surface area (Å²) in [7, 11) is 0. The Labute approximate surface area is 116 Å². The SMILES string of the molecule is CCCC(=O)Nc1ccc(NC(=O)/C=C/C(=O)O)cc1. The van der Waals surface area contributed by atoms with Gasteiger partial charge in [-0.05, 0) is 30.7 Å². The number of nitrogens with one attached hydrogen (secondary N) is 2. The molecule has 0 aliphatic carbocycles. The van der Waals surface area contributed by atoms with Gasteiger partial charge in [-0.25, -0.2) is 4.79 Å². The van der Waals surface area contributed by atoms with Gasteiger partial charge in [0.05, 0.1) is 0 Å². The first kappa shape index (κ1) is 15.4. The summed E-state index contributed by atoms with van der Waals surface area (Å²) < 4.78 is 0. The normalized spacial score (nSPS) is 10.2. The second kappa shape index (κ2) is 7.73. The van der Waals surface area contributed by atoms with Crippen molar-refractivity contribution in [3.63, 3.8) is 0 Å². The van der Waals surface area contributed by atoms with Crippen molar-refractivity contribution in [3.8, 4) is 0 Å². The standard InChI is InChI=1S/C14H16N2O4/c1-2-3-12(17)15-10-4-6-11(7-5-10)16-13(18)8-9-14(19)20/h4-9H,2-3H2,1H3,(H,15,17)(H,16,18)(H,19,20)/b9-8+. The lowest BCUT2D eigenvalue weighted by Gasteiger charge is -2.06. The zero-order valence-electron chi connectivity index (χ0n) is 11.1. The van der Waals surface area contributed by atoms with Crippen LogP contribution in [0.1, 0.15) is 19.8 Å². The average Bonchev–Trinajstić information content (AvgIpc) is 2.39. The quantitative estimate of drug-likeness (QED) is 0.692. The Morgan fingerprint density at radius 1 is 1.05 bits per heavy atom. The maximum absolute atomic E-state index is 11.4. The summed E-state index contributed by atoms with van der Waals surface area (Å²) in [5, 5.41) is 13.6. The predicted octanol–water partition coefficient (Wildman–Crippen LogP) is 2.00. The van der Waals surface area contributed by atoms with Crippen molar-refractivity contribution < 1.29 is 19.5 Å². The number of rotatable bonds is 6. The fourth-order valence-electron chi connectivity index (χ4n) is 1.42. The van der Waals surface area contributed by atoms with Crippen molar-refractivity contribution in [2.45, 2.75) is 19.8 Å². The molecule has 3 N–H and O–H groups in total. The van der Waals surface area contributed by atoms with Crippen molar-refractivity contribution in [1.82, 2.24) is 0 Å². The van der Waals surface area contributed by atoms with Crippen LogP contribution in [0.25, 0.3) is 0 Å². The summed E-state index contributed by atoms with van der Waals surface area (Å²) in [5.74, 6) is -1.78. The minimum absolute atomic E-state index is 0.0614. The maximum Gasteiger partial charge on any atom is 0.328 e. The van der Waals surface area contributed by atoms with E-state index in [0.717, 1.165) is 18.6 Å². The number of benzene rings is 1. The Balaban J connectivity index is 2.56. The van der Waals surface area contributed by atoms with E-state index in [-0.39, 0.29) is 5.91 Å². The van der Waals surface area contributed by atoms with E-state index in [1.807, 2.05) is 6.92 Å². The third kappa shape index (κ3) is 5.81. The summed E-state index contributed by atoms with van der Waals surface area (Å²) in [6.07, 6.45) is 2.92. The lowest BCUT2D eigenvalue weighted by Crippen LogP contribution is -2.11. The van der Waals surface area contributed by atoms with E-state index < -0.39 is 11.9 Å². The molecule has 0 heterocycles. The molecule has 20 heavy (non-hydrogen) atoms. The number of hydrogen-bond acceptors (Lipinski definition) is 3. The van der Waals surface area contributed by atoms with E-state index in [9.17, 15) is 14.4 Å². The average molecular weight is 276 g/mol. The molecule has 0 saturated carbocycles. The first-order valence-corrected chi connectivity index (χ1v) is 6.13. The zero-order valence-corrected chi connectivity index (χ0v) is 11.1. The van der Waals surface area contributed by atoms with Crippen LogP contribution in [0.15, 0.2) is 36.4 Å². The number of carboxylic acid groups (broad SMARTS) is 1. The van der Waals surface area contributed by atoms with Crippen molar-refractivity contribution in [2.24, 2.45) is 0 Å². The maximum atomic E-state index is 11.4. The summed E-state index contributed by atoms with van der Waals surface area (Å²) in [6.45, 7) is 1.92. The minimum atomic E-state index is -1.19. The van der Waals surface area contributed by atoms with E-state index in [0.29, 0.717) is 17.8 Å². The predicted molar refractivity (Wildman–Crippen MR) is 75.4 cm³/mol. The number of carboxylic acids is 1. The Kier molecular flexibility index (Phi) is 5.96. The third-order valence-corrected chi connectivity index (χ3v) is 2.29. The van der Waals surface area contributed by atoms with Crippen LogP contribution in [0.3, 0.4) is 0 Å². The van der Waals surface area contributed by atoms with Gasteiger partial charge in [-0.15, -0.1) is 0 Å². The highest BCUT2D eigenvalue weighted by Gasteiger charge is 2.02. The highest BCUT2D eigenvalue weighted by molar-refractivity contribution is 6.02. The molecule has 2 amide bonds. The number of carbonyl (C=O) groups excluding carboxylic acids is 2. The van der Waals surface area contributed by atoms with Crippen LogP contribution in [-0.2, 0) is 14.4 Å². The zero-order chi connectivity index (χ0) is 15.0. The van der Waals surface area contributed by atoms with Crippen molar-refractivity contribution in [2.75, 3.05) is 10.6 Å². The van der Waals surface area contributed by atoms with Gasteiger partial charge in [-0.2, -0.15) is 0 Å². The van der Waals surface area contributed by atoms with Crippen molar-refractivity contribution in [1.29, 1.82) is 0 Å². The molecule has 0 saturated heterocycles. The number of anilines is 2. The molecule has 0 unspecified atom stereocenters. The summed E-state index contributed by atoms with van der Waals surface area (Å²) >= 11 is 0. The second-order valence-corrected chi connectivity index (χ2v) is 4.04. The summed E-state index contributed by atoms with van der Waals surface area (Å²) in [5.41, 5.74) is 1.15. The van der Waals surface area contributed by atoms with E-state index >= 15 is 0 Å². The molecule has 0 atom stereocenters. The molecule has 6 heteroatoms. The van der Waals surface area contributed by atoms with Crippen LogP contribution in [-0.4, -0.2) is 22.9 Å². The van der Waals surface area contributed by atoms with Gasteiger partial charge in [0.2, 0.25) is 11.8 Å². The van der Waals surface area contributed by atoms with Gasteiger partial charge in [0.1, 0.15) is 0 Å². The number of hydrogen-bond donors (Lipinski definition) is 3. The molecular formula is C14H16N2O4. The smallest absolute Gasteiger partial charge is 0.328 e. The molecule has 0 bridgehead atoms. The van der Waals surface area contributed by atoms with Gasteiger partial charge in [-0.3, -0.25) is 9.59 Å². The fourth-order valence-corrected chi connectivity index (χ4v) is 1.42. The van der Waals surface area contributed by atoms with Crippen molar-refractivity contribution in [3.05, 3.63) is 36.4 Å². The molecular weight excluding hydrogens is 260 g/mol. The van der Waals surface area contributed by atoms with Gasteiger partial charge in [0.25, 0.3) is 0 Å². The topological polar surface area (TPSA) is 95.5 Å². The first-order valence-electron chi connectivity index (χ1n) is 6.13. The molecule has 6 nitrogen and oxygen atoms in total. The fraction of sp³-hybridized carbons (Fsp3) is 0.214. The Hall–Kier alpha value is -2.63. The van der Waals surface area contributed by atoms with Crippen LogP contribution in [0.5, 0.6) is 0 Å². The largest absolute Gasteiger partial charge is 0.478 e. The summed E-state index contributed by atoms with van der Waals surface area (Å²) in [4.78, 5) is 33.0. The van der Waals surface area contributed by atoms with Crippen LogP contribution >= 0.6 is 0 Å². The van der Waals surface area contributed by atoms with Gasteiger partial charge >= 0.3 is 5.97 Å². The molecule has 1 aromatic carbocycles. The van der Waals surface area contributed by atoms with Gasteiger partial charge in [0.15, 0.2) is 0 Å². The van der Waals surface area contributed by atoms with Gasteiger partial charge in [0, 0.05) is 29.9 Å². The first-order chi connectivity index (χ1) is 9.51.